The second-order valence-corrected chi connectivity index (χ2v) is 14.8. The molecule has 0 fully saturated rings. The fourth-order valence-corrected chi connectivity index (χ4v) is 7.71. The van der Waals surface area contributed by atoms with Crippen molar-refractivity contribution < 1.29 is 14.3 Å². The van der Waals surface area contributed by atoms with E-state index >= 15 is 0 Å². The Bertz CT molecular complexity index is 1100. The number of benzene rings is 1. The van der Waals surface area contributed by atoms with Gasteiger partial charge in [-0.15, -0.1) is 11.3 Å². The van der Waals surface area contributed by atoms with Gasteiger partial charge in [0, 0.05) is 36.9 Å². The minimum Gasteiger partial charge on any atom is -0.426 e. The van der Waals surface area contributed by atoms with Gasteiger partial charge in [-0.3, -0.25) is 14.5 Å². The molecule has 1 N–H and O–H groups in total. The van der Waals surface area contributed by atoms with Gasteiger partial charge in [0.15, 0.2) is 0 Å². The zero-order valence-electron chi connectivity index (χ0n) is 30.0. The second kappa shape index (κ2) is 24.9. The third-order valence-electron chi connectivity index (χ3n) is 9.78. The summed E-state index contributed by atoms with van der Waals surface area (Å²) in [5, 5.41) is 5.16. The van der Waals surface area contributed by atoms with Gasteiger partial charge < -0.3 is 10.1 Å². The van der Waals surface area contributed by atoms with E-state index in [1.165, 1.54) is 99.5 Å². The SMILES string of the molecule is CCCCCCCCCCCCCCCCCC(=O)NCCCC(=O)Oc1cccc2c1CC[C@H](N(CCC)CCc1cccs1)C2. The summed E-state index contributed by atoms with van der Waals surface area (Å²) in [4.78, 5) is 29.1. The van der Waals surface area contributed by atoms with Crippen LogP contribution in [0.5, 0.6) is 5.75 Å². The van der Waals surface area contributed by atoms with Crippen LogP contribution in [-0.4, -0.2) is 42.5 Å². The smallest absolute Gasteiger partial charge is 0.311 e. The van der Waals surface area contributed by atoms with Crippen LogP contribution >= 0.6 is 11.3 Å². The van der Waals surface area contributed by atoms with Crippen LogP contribution in [0.15, 0.2) is 35.7 Å². The summed E-state index contributed by atoms with van der Waals surface area (Å²) in [6.45, 7) is 7.29. The summed E-state index contributed by atoms with van der Waals surface area (Å²) in [5.41, 5.74) is 2.51. The zero-order chi connectivity index (χ0) is 33.4. The Kier molecular flexibility index (Phi) is 20.8. The number of amides is 1. The third-order valence-corrected chi connectivity index (χ3v) is 10.7. The number of thiophene rings is 1. The Hall–Kier alpha value is -2.18. The van der Waals surface area contributed by atoms with Crippen LogP contribution in [0, 0.1) is 0 Å². The van der Waals surface area contributed by atoms with Crippen molar-refractivity contribution in [3.63, 3.8) is 0 Å². The largest absolute Gasteiger partial charge is 0.426 e. The maximum absolute atomic E-state index is 12.7. The number of esters is 1. The fourth-order valence-electron chi connectivity index (χ4n) is 7.01. The Morgan fingerprint density at radius 1 is 0.787 bits per heavy atom. The number of hydrogen-bond donors (Lipinski definition) is 1. The van der Waals surface area contributed by atoms with E-state index in [1.54, 1.807) is 0 Å². The van der Waals surface area contributed by atoms with Crippen molar-refractivity contribution in [1.29, 1.82) is 0 Å². The van der Waals surface area contributed by atoms with Crippen LogP contribution in [-0.2, 0) is 28.9 Å². The molecular formula is C41H66N2O3S. The van der Waals surface area contributed by atoms with Crippen LogP contribution in [0.4, 0.5) is 0 Å². The fraction of sp³-hybridized carbons (Fsp3) is 0.707. The molecule has 2 aromatic rings. The minimum atomic E-state index is -0.208. The summed E-state index contributed by atoms with van der Waals surface area (Å²) < 4.78 is 5.86. The lowest BCUT2D eigenvalue weighted by Gasteiger charge is -2.35. The normalized spacial score (nSPS) is 14.3. The number of fused-ring (bicyclic) bond motifs is 1. The molecule has 1 heterocycles. The number of hydrogen-bond acceptors (Lipinski definition) is 5. The maximum atomic E-state index is 12.7. The number of nitrogens with zero attached hydrogens (tertiary/aromatic N) is 1. The number of carbonyl (C=O) groups excluding carboxylic acids is 2. The van der Waals surface area contributed by atoms with Crippen molar-refractivity contribution in [2.45, 2.75) is 168 Å². The topological polar surface area (TPSA) is 58.6 Å². The molecule has 1 aromatic carbocycles. The lowest BCUT2D eigenvalue weighted by molar-refractivity contribution is -0.134. The van der Waals surface area contributed by atoms with E-state index in [2.05, 4.69) is 47.6 Å². The molecule has 1 amide bonds. The predicted octanol–water partition coefficient (Wildman–Crippen LogP) is 10.6. The van der Waals surface area contributed by atoms with Gasteiger partial charge in [-0.1, -0.05) is 122 Å². The molecule has 3 rings (SSSR count). The predicted molar refractivity (Wildman–Crippen MR) is 200 cm³/mol. The Labute approximate surface area is 291 Å². The molecule has 1 atom stereocenters. The maximum Gasteiger partial charge on any atom is 0.311 e. The van der Waals surface area contributed by atoms with Gasteiger partial charge in [-0.2, -0.15) is 0 Å². The number of unbranched alkanes of at least 4 members (excludes halogenated alkanes) is 14. The molecule has 0 saturated heterocycles. The van der Waals surface area contributed by atoms with Crippen molar-refractivity contribution in [3.05, 3.63) is 51.7 Å². The monoisotopic (exact) mass is 666 g/mol. The molecule has 1 aliphatic rings. The lowest BCUT2D eigenvalue weighted by Crippen LogP contribution is -2.41. The van der Waals surface area contributed by atoms with Crippen molar-refractivity contribution >= 4 is 23.2 Å². The van der Waals surface area contributed by atoms with Crippen LogP contribution in [0.1, 0.15) is 158 Å². The Balaban J connectivity index is 1.20. The van der Waals surface area contributed by atoms with E-state index in [-0.39, 0.29) is 11.9 Å². The second-order valence-electron chi connectivity index (χ2n) is 13.8. The summed E-state index contributed by atoms with van der Waals surface area (Å²) in [5.74, 6) is 0.622. The van der Waals surface area contributed by atoms with Gasteiger partial charge in [0.1, 0.15) is 5.75 Å². The molecule has 0 unspecified atom stereocenters. The molecule has 0 radical (unpaired) electrons. The van der Waals surface area contributed by atoms with Crippen molar-refractivity contribution in [2.75, 3.05) is 19.6 Å². The average Bonchev–Trinajstić information content (AvgIpc) is 3.60. The molecule has 0 spiro atoms. The highest BCUT2D eigenvalue weighted by Gasteiger charge is 2.26. The number of ether oxygens (including phenoxy) is 1. The highest BCUT2D eigenvalue weighted by molar-refractivity contribution is 7.09. The first-order chi connectivity index (χ1) is 23.1. The van der Waals surface area contributed by atoms with E-state index in [9.17, 15) is 9.59 Å². The molecule has 1 aliphatic carbocycles. The molecule has 0 saturated carbocycles. The van der Waals surface area contributed by atoms with Gasteiger partial charge in [0.05, 0.1) is 0 Å². The first-order valence-corrected chi connectivity index (χ1v) is 20.3. The van der Waals surface area contributed by atoms with Crippen molar-refractivity contribution in [3.8, 4) is 5.75 Å². The van der Waals surface area contributed by atoms with Crippen LogP contribution < -0.4 is 10.1 Å². The van der Waals surface area contributed by atoms with Gasteiger partial charge in [-0.05, 0) is 80.1 Å². The molecule has 0 aliphatic heterocycles. The average molecular weight is 667 g/mol. The molecule has 1 aromatic heterocycles. The summed E-state index contributed by atoms with van der Waals surface area (Å²) in [7, 11) is 0. The van der Waals surface area contributed by atoms with E-state index in [0.717, 1.165) is 63.8 Å². The zero-order valence-corrected chi connectivity index (χ0v) is 30.8. The number of carbonyl (C=O) groups is 2. The number of nitrogens with one attached hydrogen (secondary N) is 1. The van der Waals surface area contributed by atoms with Crippen LogP contribution in [0.25, 0.3) is 0 Å². The highest BCUT2D eigenvalue weighted by atomic mass is 32.1. The highest BCUT2D eigenvalue weighted by Crippen LogP contribution is 2.32. The minimum absolute atomic E-state index is 0.104. The van der Waals surface area contributed by atoms with Gasteiger partial charge in [0.25, 0.3) is 0 Å². The van der Waals surface area contributed by atoms with Crippen molar-refractivity contribution in [2.24, 2.45) is 0 Å². The van der Waals surface area contributed by atoms with E-state index in [0.29, 0.717) is 31.8 Å². The molecular weight excluding hydrogens is 601 g/mol. The Morgan fingerprint density at radius 2 is 1.47 bits per heavy atom. The lowest BCUT2D eigenvalue weighted by atomic mass is 9.86. The number of rotatable bonds is 27. The summed E-state index contributed by atoms with van der Waals surface area (Å²) in [6, 6.07) is 11.1. The van der Waals surface area contributed by atoms with E-state index in [4.69, 9.17) is 4.74 Å². The van der Waals surface area contributed by atoms with Gasteiger partial charge in [0.2, 0.25) is 5.91 Å². The van der Waals surface area contributed by atoms with Crippen LogP contribution in [0.2, 0.25) is 0 Å². The van der Waals surface area contributed by atoms with E-state index in [1.807, 2.05) is 23.5 Å². The first kappa shape index (κ1) is 39.3. The molecule has 0 bridgehead atoms. The third kappa shape index (κ3) is 16.7. The molecule has 264 valence electrons. The molecule has 5 nitrogen and oxygen atoms in total. The van der Waals surface area contributed by atoms with E-state index < -0.39 is 0 Å². The first-order valence-electron chi connectivity index (χ1n) is 19.4. The Morgan fingerprint density at radius 3 is 2.11 bits per heavy atom. The molecule has 47 heavy (non-hydrogen) atoms. The molecule has 6 heteroatoms. The van der Waals surface area contributed by atoms with Crippen molar-refractivity contribution in [1.82, 2.24) is 10.2 Å². The quantitative estimate of drug-likeness (QED) is 0.0586. The van der Waals surface area contributed by atoms with Crippen LogP contribution in [0.3, 0.4) is 0 Å². The van der Waals surface area contributed by atoms with Gasteiger partial charge in [-0.25, -0.2) is 0 Å². The van der Waals surface area contributed by atoms with Gasteiger partial charge >= 0.3 is 5.97 Å². The summed E-state index contributed by atoms with van der Waals surface area (Å²) in [6.07, 6.45) is 26.7. The summed E-state index contributed by atoms with van der Waals surface area (Å²) >= 11 is 1.85. The standard InChI is InChI=1S/C41H66N2O3S/c1-3-5-6-7-8-9-10-11-12-13-14-15-16-17-18-25-40(44)42-30-20-26-41(45)46-39-24-19-22-35-34-36(27-28-38(35)39)43(31-4-2)32-29-37-23-21-33-47-37/h19,21-24,33,36H,3-18,20,25-32,34H2,1-2H3,(H,42,44)/t36-/m0/s1.